The van der Waals surface area contributed by atoms with E-state index in [0.29, 0.717) is 11.8 Å². The lowest BCUT2D eigenvalue weighted by molar-refractivity contribution is 0.338. The molecule has 1 aliphatic carbocycles. The maximum atomic E-state index is 13.2. The Bertz CT molecular complexity index is 808. The maximum absolute atomic E-state index is 13.2. The van der Waals surface area contributed by atoms with Crippen molar-refractivity contribution < 1.29 is 4.39 Å². The fourth-order valence-electron chi connectivity index (χ4n) is 3.47. The molecule has 2 heterocycles. The maximum Gasteiger partial charge on any atom is 0.123 e. The van der Waals surface area contributed by atoms with Crippen molar-refractivity contribution in [3.8, 4) is 11.1 Å². The zero-order valence-electron chi connectivity index (χ0n) is 13.0. The van der Waals surface area contributed by atoms with E-state index in [4.69, 9.17) is 5.10 Å². The van der Waals surface area contributed by atoms with E-state index < -0.39 is 0 Å². The number of hydrogen-bond donors (Lipinski definition) is 0. The molecule has 116 valence electrons. The largest absolute Gasteiger partial charge is 0.275 e. The molecule has 4 rings (SSSR count). The summed E-state index contributed by atoms with van der Waals surface area (Å²) in [6.45, 7) is 0. The summed E-state index contributed by atoms with van der Waals surface area (Å²) < 4.78 is 15.0. The van der Waals surface area contributed by atoms with Gasteiger partial charge < -0.3 is 0 Å². The highest BCUT2D eigenvalue weighted by Gasteiger charge is 2.36. The van der Waals surface area contributed by atoms with E-state index in [1.807, 2.05) is 48.4 Å². The summed E-state index contributed by atoms with van der Waals surface area (Å²) >= 11 is 0. The second-order valence-electron chi connectivity index (χ2n) is 6.18. The number of benzene rings is 1. The van der Waals surface area contributed by atoms with Crippen molar-refractivity contribution in [1.29, 1.82) is 0 Å². The molecule has 0 radical (unpaired) electrons. The molecule has 2 atom stereocenters. The van der Waals surface area contributed by atoms with Crippen LogP contribution < -0.4 is 0 Å². The number of aryl methyl sites for hydroxylation is 1. The van der Waals surface area contributed by atoms with Crippen LogP contribution >= 0.6 is 0 Å². The van der Waals surface area contributed by atoms with Crippen LogP contribution in [0.25, 0.3) is 11.1 Å². The van der Waals surface area contributed by atoms with Crippen LogP contribution in [-0.2, 0) is 7.05 Å². The fourth-order valence-corrected chi connectivity index (χ4v) is 3.47. The van der Waals surface area contributed by atoms with E-state index in [1.165, 1.54) is 11.1 Å². The molecule has 0 bridgehead atoms. The van der Waals surface area contributed by atoms with Crippen LogP contribution in [0.5, 0.6) is 0 Å². The average molecular weight is 307 g/mol. The van der Waals surface area contributed by atoms with E-state index in [-0.39, 0.29) is 5.82 Å². The smallest absolute Gasteiger partial charge is 0.123 e. The van der Waals surface area contributed by atoms with E-state index in [2.05, 4.69) is 11.2 Å². The Morgan fingerprint density at radius 2 is 1.70 bits per heavy atom. The normalized spacial score (nSPS) is 20.3. The van der Waals surface area contributed by atoms with Gasteiger partial charge in [0.05, 0.1) is 5.69 Å². The van der Waals surface area contributed by atoms with E-state index in [9.17, 15) is 4.39 Å². The van der Waals surface area contributed by atoms with Gasteiger partial charge in [-0.1, -0.05) is 12.1 Å². The molecular weight excluding hydrogens is 289 g/mol. The molecule has 4 heteroatoms. The van der Waals surface area contributed by atoms with Crippen molar-refractivity contribution >= 4 is 0 Å². The predicted molar refractivity (Wildman–Crippen MR) is 87.6 cm³/mol. The average Bonchev–Trinajstić information content (AvgIpc) is 2.90. The Kier molecular flexibility index (Phi) is 3.45. The van der Waals surface area contributed by atoms with Gasteiger partial charge in [0.2, 0.25) is 0 Å². The third-order valence-corrected chi connectivity index (χ3v) is 4.77. The van der Waals surface area contributed by atoms with Crippen molar-refractivity contribution in [2.24, 2.45) is 7.05 Å². The number of halogens is 1. The molecule has 0 saturated heterocycles. The van der Waals surface area contributed by atoms with Gasteiger partial charge in [-0.25, -0.2) is 4.39 Å². The van der Waals surface area contributed by atoms with Crippen LogP contribution in [0.2, 0.25) is 0 Å². The highest BCUT2D eigenvalue weighted by molar-refractivity contribution is 5.66. The third-order valence-electron chi connectivity index (χ3n) is 4.77. The van der Waals surface area contributed by atoms with Crippen molar-refractivity contribution in [1.82, 2.24) is 14.8 Å². The van der Waals surface area contributed by atoms with Crippen LogP contribution in [-0.4, -0.2) is 14.8 Å². The summed E-state index contributed by atoms with van der Waals surface area (Å²) in [4.78, 5) is 4.09. The van der Waals surface area contributed by atoms with Gasteiger partial charge in [0, 0.05) is 37.1 Å². The molecule has 23 heavy (non-hydrogen) atoms. The van der Waals surface area contributed by atoms with Crippen LogP contribution in [0, 0.1) is 5.82 Å². The highest BCUT2D eigenvalue weighted by atomic mass is 19.1. The van der Waals surface area contributed by atoms with Gasteiger partial charge >= 0.3 is 0 Å². The second kappa shape index (κ2) is 5.61. The van der Waals surface area contributed by atoms with Gasteiger partial charge in [-0.3, -0.25) is 9.67 Å². The lowest BCUT2D eigenvalue weighted by atomic mass is 9.67. The summed E-state index contributed by atoms with van der Waals surface area (Å²) in [6.07, 6.45) is 7.94. The van der Waals surface area contributed by atoms with Gasteiger partial charge in [0.1, 0.15) is 5.82 Å². The van der Waals surface area contributed by atoms with Crippen molar-refractivity contribution in [3.63, 3.8) is 0 Å². The summed E-state index contributed by atoms with van der Waals surface area (Å²) in [7, 11) is 1.96. The van der Waals surface area contributed by atoms with Crippen LogP contribution in [0.4, 0.5) is 4.39 Å². The number of rotatable bonds is 3. The van der Waals surface area contributed by atoms with Crippen molar-refractivity contribution in [2.45, 2.75) is 24.7 Å². The first-order valence-electron chi connectivity index (χ1n) is 7.92. The minimum atomic E-state index is -0.181. The molecule has 1 fully saturated rings. The number of aromatic nitrogens is 3. The molecule has 3 aromatic rings. The van der Waals surface area contributed by atoms with Gasteiger partial charge in [0.25, 0.3) is 0 Å². The van der Waals surface area contributed by atoms with Crippen LogP contribution in [0.3, 0.4) is 0 Å². The Morgan fingerprint density at radius 3 is 2.35 bits per heavy atom. The first-order chi connectivity index (χ1) is 11.2. The van der Waals surface area contributed by atoms with Gasteiger partial charge in [-0.2, -0.15) is 5.10 Å². The van der Waals surface area contributed by atoms with E-state index in [1.54, 1.807) is 12.1 Å². The first-order valence-corrected chi connectivity index (χ1v) is 7.92. The molecule has 0 N–H and O–H groups in total. The number of nitrogens with zero attached hydrogens (tertiary/aromatic N) is 3. The number of pyridine rings is 1. The molecule has 0 aliphatic heterocycles. The quantitative estimate of drug-likeness (QED) is 0.723. The summed E-state index contributed by atoms with van der Waals surface area (Å²) in [5, 5.41) is 4.72. The minimum absolute atomic E-state index is 0.181. The van der Waals surface area contributed by atoms with Gasteiger partial charge in [-0.15, -0.1) is 0 Å². The Labute approximate surface area is 134 Å². The molecule has 2 unspecified atom stereocenters. The van der Waals surface area contributed by atoms with Gasteiger partial charge in [-0.05, 0) is 54.2 Å². The monoisotopic (exact) mass is 307 g/mol. The van der Waals surface area contributed by atoms with Crippen molar-refractivity contribution in [3.05, 3.63) is 72.1 Å². The molecule has 1 aliphatic rings. The van der Waals surface area contributed by atoms with Crippen LogP contribution in [0.1, 0.15) is 35.9 Å². The molecule has 1 saturated carbocycles. The molecular formula is C19H18FN3. The van der Waals surface area contributed by atoms with Crippen molar-refractivity contribution in [2.75, 3.05) is 0 Å². The molecule has 0 spiro atoms. The summed E-state index contributed by atoms with van der Waals surface area (Å²) in [5.41, 5.74) is 4.66. The second-order valence-corrected chi connectivity index (χ2v) is 6.18. The third kappa shape index (κ3) is 2.54. The zero-order valence-corrected chi connectivity index (χ0v) is 13.0. The fraction of sp³-hybridized carbons (Fsp3) is 0.263. The minimum Gasteiger partial charge on any atom is -0.275 e. The molecule has 2 aromatic heterocycles. The SMILES string of the molecule is Cn1cc(-c2ccncc2)c(C2CCC2c2ccc(F)cc2)n1. The first kappa shape index (κ1) is 14.1. The van der Waals surface area contributed by atoms with Crippen LogP contribution in [0.15, 0.2) is 55.0 Å². The predicted octanol–water partition coefficient (Wildman–Crippen LogP) is 4.28. The van der Waals surface area contributed by atoms with E-state index >= 15 is 0 Å². The Hall–Kier alpha value is -2.49. The van der Waals surface area contributed by atoms with E-state index in [0.717, 1.165) is 24.1 Å². The lowest BCUT2D eigenvalue weighted by Crippen LogP contribution is -2.23. The Morgan fingerprint density at radius 1 is 1.00 bits per heavy atom. The van der Waals surface area contributed by atoms with Gasteiger partial charge in [0.15, 0.2) is 0 Å². The molecule has 0 amide bonds. The zero-order chi connectivity index (χ0) is 15.8. The standard InChI is InChI=1S/C19H18FN3/c1-23-12-18(14-8-10-21-11-9-14)19(22-23)17-7-6-16(17)13-2-4-15(20)5-3-13/h2-5,8-12,16-17H,6-7H2,1H3. The lowest BCUT2D eigenvalue weighted by Gasteiger charge is -2.36. The molecule has 3 nitrogen and oxygen atoms in total. The number of hydrogen-bond acceptors (Lipinski definition) is 2. The topological polar surface area (TPSA) is 30.7 Å². The Balaban J connectivity index is 1.70. The molecule has 1 aromatic carbocycles. The summed E-state index contributed by atoms with van der Waals surface area (Å²) in [6, 6.07) is 10.9. The highest BCUT2D eigenvalue weighted by Crippen LogP contribution is 2.50. The summed E-state index contributed by atoms with van der Waals surface area (Å²) in [5.74, 6) is 0.635.